The summed E-state index contributed by atoms with van der Waals surface area (Å²) in [5, 5.41) is 0. The van der Waals surface area contributed by atoms with E-state index in [1.807, 2.05) is 0 Å². The Hall–Kier alpha value is -1.40. The second-order valence-electron chi connectivity index (χ2n) is 5.50. The van der Waals surface area contributed by atoms with Crippen LogP contribution in [0.4, 0.5) is 5.82 Å². The fraction of sp³-hybridized carbons (Fsp3) is 0.692. The van der Waals surface area contributed by atoms with Gasteiger partial charge in [-0.1, -0.05) is 0 Å². The summed E-state index contributed by atoms with van der Waals surface area (Å²) >= 11 is 0. The average molecular weight is 263 g/mol. The number of rotatable bonds is 2. The first-order valence-corrected chi connectivity index (χ1v) is 7.02. The summed E-state index contributed by atoms with van der Waals surface area (Å²) in [6, 6.07) is 0.904. The van der Waals surface area contributed by atoms with Crippen molar-refractivity contribution >= 4 is 5.82 Å². The predicted octanol–water partition coefficient (Wildman–Crippen LogP) is -0.228. The maximum atomic E-state index is 11.7. The summed E-state index contributed by atoms with van der Waals surface area (Å²) in [6.07, 6.45) is 6.49. The lowest BCUT2D eigenvalue weighted by Gasteiger charge is -2.34. The summed E-state index contributed by atoms with van der Waals surface area (Å²) in [6.45, 7) is 3.97. The van der Waals surface area contributed by atoms with Crippen LogP contribution in [0.15, 0.2) is 17.2 Å². The van der Waals surface area contributed by atoms with Crippen molar-refractivity contribution in [3.05, 3.63) is 22.7 Å². The number of anilines is 1. The first-order valence-electron chi connectivity index (χ1n) is 7.02. The molecule has 0 aliphatic carbocycles. The van der Waals surface area contributed by atoms with Crippen molar-refractivity contribution in [2.24, 2.45) is 5.73 Å². The molecule has 2 aliphatic heterocycles. The number of nitrogens with two attached hydrogens (primary N) is 1. The minimum absolute atomic E-state index is 0.0937. The molecule has 6 heteroatoms. The van der Waals surface area contributed by atoms with Gasteiger partial charge in [0.2, 0.25) is 0 Å². The largest absolute Gasteiger partial charge is 0.350 e. The molecule has 2 aliphatic rings. The molecule has 3 rings (SSSR count). The van der Waals surface area contributed by atoms with Crippen LogP contribution in [-0.4, -0.2) is 53.1 Å². The summed E-state index contributed by atoms with van der Waals surface area (Å²) < 4.78 is 0. The fourth-order valence-corrected chi connectivity index (χ4v) is 3.09. The van der Waals surface area contributed by atoms with Crippen molar-refractivity contribution in [3.8, 4) is 0 Å². The van der Waals surface area contributed by atoms with Gasteiger partial charge in [0.1, 0.15) is 0 Å². The Balaban J connectivity index is 1.64. The van der Waals surface area contributed by atoms with Crippen molar-refractivity contribution in [1.82, 2.24) is 14.9 Å². The molecule has 0 radical (unpaired) electrons. The van der Waals surface area contributed by atoms with Crippen LogP contribution in [0.3, 0.4) is 0 Å². The highest BCUT2D eigenvalue weighted by atomic mass is 16.1. The monoisotopic (exact) mass is 263 g/mol. The van der Waals surface area contributed by atoms with Gasteiger partial charge >= 0.3 is 0 Å². The van der Waals surface area contributed by atoms with Gasteiger partial charge < -0.3 is 15.6 Å². The number of nitrogens with zero attached hydrogens (tertiary/aromatic N) is 3. The zero-order valence-electron chi connectivity index (χ0n) is 11.1. The molecule has 1 unspecified atom stereocenters. The zero-order valence-corrected chi connectivity index (χ0v) is 11.1. The molecular weight excluding hydrogens is 242 g/mol. The molecule has 2 saturated heterocycles. The topological polar surface area (TPSA) is 78.2 Å². The number of piperidine rings is 1. The van der Waals surface area contributed by atoms with E-state index in [1.165, 1.54) is 0 Å². The third kappa shape index (κ3) is 2.64. The van der Waals surface area contributed by atoms with Crippen molar-refractivity contribution in [2.75, 3.05) is 31.1 Å². The van der Waals surface area contributed by atoms with Crippen LogP contribution in [-0.2, 0) is 0 Å². The van der Waals surface area contributed by atoms with Gasteiger partial charge in [-0.2, -0.15) is 0 Å². The first kappa shape index (κ1) is 12.6. The predicted molar refractivity (Wildman–Crippen MR) is 74.3 cm³/mol. The van der Waals surface area contributed by atoms with Gasteiger partial charge in [0.25, 0.3) is 5.56 Å². The second-order valence-corrected chi connectivity index (χ2v) is 5.50. The van der Waals surface area contributed by atoms with Gasteiger partial charge in [0.05, 0.1) is 0 Å². The standard InChI is InChI=1S/C13H21N5O/c14-10-1-6-17(7-2-10)11-3-8-18(9-11)12-13(19)16-5-4-15-12/h4-5,10-11H,1-3,6-9,14H2,(H,16,19). The van der Waals surface area contributed by atoms with Crippen LogP contribution in [0.2, 0.25) is 0 Å². The van der Waals surface area contributed by atoms with E-state index in [0.717, 1.165) is 45.4 Å². The second kappa shape index (κ2) is 5.30. The molecule has 1 aromatic rings. The molecule has 0 amide bonds. The van der Waals surface area contributed by atoms with Crippen molar-refractivity contribution in [3.63, 3.8) is 0 Å². The highest BCUT2D eigenvalue weighted by molar-refractivity contribution is 5.37. The van der Waals surface area contributed by atoms with E-state index in [0.29, 0.717) is 17.9 Å². The molecule has 0 aromatic carbocycles. The SMILES string of the molecule is NC1CCN(C2CCN(c3ncc[nH]c3=O)C2)CC1. The third-order valence-electron chi connectivity index (χ3n) is 4.24. The number of H-pyrrole nitrogens is 1. The van der Waals surface area contributed by atoms with Crippen molar-refractivity contribution < 1.29 is 0 Å². The zero-order chi connectivity index (χ0) is 13.2. The maximum Gasteiger partial charge on any atom is 0.290 e. The number of aromatic amines is 1. The van der Waals surface area contributed by atoms with Crippen LogP contribution in [0.25, 0.3) is 0 Å². The molecule has 3 N–H and O–H groups in total. The minimum atomic E-state index is -0.0937. The molecule has 0 saturated carbocycles. The lowest BCUT2D eigenvalue weighted by Crippen LogP contribution is -2.46. The maximum absolute atomic E-state index is 11.7. The summed E-state index contributed by atoms with van der Waals surface area (Å²) in [4.78, 5) is 23.2. The molecule has 19 heavy (non-hydrogen) atoms. The van der Waals surface area contributed by atoms with Gasteiger partial charge in [0.15, 0.2) is 5.82 Å². The molecule has 104 valence electrons. The van der Waals surface area contributed by atoms with Crippen molar-refractivity contribution in [2.45, 2.75) is 31.3 Å². The Morgan fingerprint density at radius 1 is 1.26 bits per heavy atom. The van der Waals surface area contributed by atoms with Crippen LogP contribution in [0, 0.1) is 0 Å². The van der Waals surface area contributed by atoms with Gasteiger partial charge in [-0.15, -0.1) is 0 Å². The van der Waals surface area contributed by atoms with Crippen LogP contribution >= 0.6 is 0 Å². The van der Waals surface area contributed by atoms with Crippen LogP contribution in [0.1, 0.15) is 19.3 Å². The Labute approximate surface area is 112 Å². The molecular formula is C13H21N5O. The molecule has 0 bridgehead atoms. The number of nitrogens with one attached hydrogen (secondary N) is 1. The highest BCUT2D eigenvalue weighted by Crippen LogP contribution is 2.21. The average Bonchev–Trinajstić information content (AvgIpc) is 2.89. The number of aromatic nitrogens is 2. The van der Waals surface area contributed by atoms with E-state index in [1.54, 1.807) is 12.4 Å². The van der Waals surface area contributed by atoms with E-state index in [9.17, 15) is 4.79 Å². The number of likely N-dealkylation sites (tertiary alicyclic amines) is 1. The third-order valence-corrected chi connectivity index (χ3v) is 4.24. The van der Waals surface area contributed by atoms with E-state index in [2.05, 4.69) is 19.8 Å². The lowest BCUT2D eigenvalue weighted by molar-refractivity contribution is 0.163. The number of hydrogen-bond donors (Lipinski definition) is 2. The molecule has 6 nitrogen and oxygen atoms in total. The summed E-state index contributed by atoms with van der Waals surface area (Å²) in [5.74, 6) is 0.554. The minimum Gasteiger partial charge on any atom is -0.350 e. The molecule has 1 aromatic heterocycles. The Kier molecular flexibility index (Phi) is 3.52. The smallest absolute Gasteiger partial charge is 0.290 e. The lowest BCUT2D eigenvalue weighted by atomic mass is 10.0. The van der Waals surface area contributed by atoms with Gasteiger partial charge in [-0.05, 0) is 32.4 Å². The van der Waals surface area contributed by atoms with Gasteiger partial charge in [-0.25, -0.2) is 4.98 Å². The Bertz CT molecular complexity index is 480. The van der Waals surface area contributed by atoms with E-state index in [4.69, 9.17) is 5.73 Å². The Morgan fingerprint density at radius 2 is 2.05 bits per heavy atom. The summed E-state index contributed by atoms with van der Waals surface area (Å²) in [5.41, 5.74) is 5.85. The summed E-state index contributed by atoms with van der Waals surface area (Å²) in [7, 11) is 0. The van der Waals surface area contributed by atoms with Crippen LogP contribution < -0.4 is 16.2 Å². The molecule has 1 atom stereocenters. The van der Waals surface area contributed by atoms with E-state index >= 15 is 0 Å². The highest BCUT2D eigenvalue weighted by Gasteiger charge is 2.31. The molecule has 0 spiro atoms. The quantitative estimate of drug-likeness (QED) is 0.771. The first-order chi connectivity index (χ1) is 9.24. The normalized spacial score (nSPS) is 25.9. The fourth-order valence-electron chi connectivity index (χ4n) is 3.09. The Morgan fingerprint density at radius 3 is 2.79 bits per heavy atom. The van der Waals surface area contributed by atoms with Crippen molar-refractivity contribution in [1.29, 1.82) is 0 Å². The number of hydrogen-bond acceptors (Lipinski definition) is 5. The van der Waals surface area contributed by atoms with E-state index in [-0.39, 0.29) is 5.56 Å². The molecule has 3 heterocycles. The van der Waals surface area contributed by atoms with E-state index < -0.39 is 0 Å². The van der Waals surface area contributed by atoms with Gasteiger partial charge in [-0.3, -0.25) is 9.69 Å². The van der Waals surface area contributed by atoms with Crippen LogP contribution in [0.5, 0.6) is 0 Å². The van der Waals surface area contributed by atoms with Gasteiger partial charge in [0, 0.05) is 37.6 Å². The molecule has 2 fully saturated rings.